The molecule has 0 radical (unpaired) electrons. The molecule has 0 unspecified atom stereocenters. The summed E-state index contributed by atoms with van der Waals surface area (Å²) in [5, 5.41) is 6.91. The quantitative estimate of drug-likeness (QED) is 0.355. The maximum Gasteiger partial charge on any atom is 0.211 e. The number of ketones is 1. The van der Waals surface area contributed by atoms with Gasteiger partial charge in [-0.25, -0.2) is 0 Å². The van der Waals surface area contributed by atoms with E-state index >= 15 is 0 Å². The molecule has 1 rings (SSSR count). The lowest BCUT2D eigenvalue weighted by Crippen LogP contribution is -2.21. The van der Waals surface area contributed by atoms with Crippen LogP contribution in [0.1, 0.15) is 16.8 Å². The molecule has 0 aliphatic heterocycles. The van der Waals surface area contributed by atoms with Crippen molar-refractivity contribution in [2.75, 3.05) is 0 Å². The third-order valence-corrected chi connectivity index (χ3v) is 1.63. The lowest BCUT2D eigenvalue weighted by atomic mass is 10.1. The summed E-state index contributed by atoms with van der Waals surface area (Å²) in [5.41, 5.74) is 10.7. The summed E-state index contributed by atoms with van der Waals surface area (Å²) < 4.78 is 0. The van der Waals surface area contributed by atoms with Crippen molar-refractivity contribution in [2.24, 2.45) is 21.7 Å². The Hall–Kier alpha value is -1.88. The van der Waals surface area contributed by atoms with E-state index in [9.17, 15) is 4.79 Å². The third kappa shape index (κ3) is 5.11. The van der Waals surface area contributed by atoms with Crippen molar-refractivity contribution in [1.29, 1.82) is 0 Å². The van der Waals surface area contributed by atoms with Crippen LogP contribution in [0.3, 0.4) is 0 Å². The minimum absolute atomic E-state index is 0. The Balaban J connectivity index is 0.00000225. The van der Waals surface area contributed by atoms with Crippen molar-refractivity contribution < 1.29 is 4.79 Å². The van der Waals surface area contributed by atoms with Crippen LogP contribution in [0.25, 0.3) is 0 Å². The Morgan fingerprint density at radius 3 is 2.44 bits per heavy atom. The van der Waals surface area contributed by atoms with Gasteiger partial charge in [0, 0.05) is 18.2 Å². The fourth-order valence-corrected chi connectivity index (χ4v) is 0.973. The standard InChI is InChI=1S/C10H12N4O.ClH/c11-10(12)14-13-7-6-9(15)8-4-2-1-3-5-8;/h1-5,7H,6H2,(H4,11,12,14);1H/b13-7-;. The van der Waals surface area contributed by atoms with E-state index < -0.39 is 0 Å². The van der Waals surface area contributed by atoms with E-state index in [0.29, 0.717) is 5.56 Å². The molecule has 1 aromatic carbocycles. The first-order chi connectivity index (χ1) is 7.20. The van der Waals surface area contributed by atoms with Crippen molar-refractivity contribution in [1.82, 2.24) is 0 Å². The first kappa shape index (κ1) is 14.1. The molecule has 5 nitrogen and oxygen atoms in total. The number of carbonyl (C=O) groups excluding carboxylic acids is 1. The van der Waals surface area contributed by atoms with Crippen LogP contribution in [0.2, 0.25) is 0 Å². The van der Waals surface area contributed by atoms with Crippen molar-refractivity contribution in [3.8, 4) is 0 Å². The highest BCUT2D eigenvalue weighted by Crippen LogP contribution is 2.01. The van der Waals surface area contributed by atoms with Crippen molar-refractivity contribution in [3.05, 3.63) is 35.9 Å². The molecule has 0 atom stereocenters. The molecular formula is C10H13ClN4O. The van der Waals surface area contributed by atoms with Gasteiger partial charge in [0.05, 0.1) is 0 Å². The van der Waals surface area contributed by atoms with Crippen molar-refractivity contribution in [2.45, 2.75) is 6.42 Å². The van der Waals surface area contributed by atoms with E-state index in [1.54, 1.807) is 24.3 Å². The highest BCUT2D eigenvalue weighted by Gasteiger charge is 2.01. The molecule has 0 heterocycles. The number of hydrogen-bond acceptors (Lipinski definition) is 3. The van der Waals surface area contributed by atoms with Crippen LogP contribution in [-0.4, -0.2) is 18.0 Å². The van der Waals surface area contributed by atoms with E-state index in [-0.39, 0.29) is 30.6 Å². The van der Waals surface area contributed by atoms with Gasteiger partial charge in [0.2, 0.25) is 5.96 Å². The number of rotatable bonds is 4. The van der Waals surface area contributed by atoms with Crippen molar-refractivity contribution in [3.63, 3.8) is 0 Å². The maximum absolute atomic E-state index is 11.5. The number of hydrogen-bond donors (Lipinski definition) is 2. The summed E-state index contributed by atoms with van der Waals surface area (Å²) in [6.07, 6.45) is 1.55. The summed E-state index contributed by atoms with van der Waals surface area (Å²) in [4.78, 5) is 11.5. The fourth-order valence-electron chi connectivity index (χ4n) is 0.973. The van der Waals surface area contributed by atoms with Crippen LogP contribution in [0.15, 0.2) is 40.5 Å². The smallest absolute Gasteiger partial charge is 0.211 e. The zero-order chi connectivity index (χ0) is 11.1. The SMILES string of the molecule is Cl.NC(N)=N/N=C\CC(=O)c1ccccc1. The van der Waals surface area contributed by atoms with Crippen LogP contribution < -0.4 is 11.5 Å². The number of benzene rings is 1. The lowest BCUT2D eigenvalue weighted by Gasteiger charge is -1.94. The Morgan fingerprint density at radius 1 is 1.25 bits per heavy atom. The van der Waals surface area contributed by atoms with Crippen molar-refractivity contribution >= 4 is 30.4 Å². The van der Waals surface area contributed by atoms with E-state index in [1.165, 1.54) is 6.21 Å². The normalized spacial score (nSPS) is 9.50. The first-order valence-corrected chi connectivity index (χ1v) is 4.39. The minimum Gasteiger partial charge on any atom is -0.369 e. The Kier molecular flexibility index (Phi) is 6.55. The predicted molar refractivity (Wildman–Crippen MR) is 66.9 cm³/mol. The van der Waals surface area contributed by atoms with Gasteiger partial charge in [-0.15, -0.1) is 17.5 Å². The van der Waals surface area contributed by atoms with Gasteiger partial charge in [0.25, 0.3) is 0 Å². The molecule has 0 fully saturated rings. The van der Waals surface area contributed by atoms with E-state index in [1.807, 2.05) is 6.07 Å². The Morgan fingerprint density at radius 2 is 1.88 bits per heavy atom. The molecule has 6 heteroatoms. The molecule has 0 bridgehead atoms. The van der Waals surface area contributed by atoms with Crippen LogP contribution in [0.4, 0.5) is 0 Å². The Bertz CT molecular complexity index is 385. The third-order valence-electron chi connectivity index (χ3n) is 1.63. The molecule has 0 spiro atoms. The second-order valence-electron chi connectivity index (χ2n) is 2.82. The van der Waals surface area contributed by atoms with Gasteiger partial charge >= 0.3 is 0 Å². The van der Waals surface area contributed by atoms with Crippen LogP contribution >= 0.6 is 12.4 Å². The fraction of sp³-hybridized carbons (Fsp3) is 0.100. The van der Waals surface area contributed by atoms with E-state index in [4.69, 9.17) is 11.5 Å². The summed E-state index contributed by atoms with van der Waals surface area (Å²) in [6, 6.07) is 8.96. The molecule has 0 aromatic heterocycles. The summed E-state index contributed by atoms with van der Waals surface area (Å²) in [6.45, 7) is 0. The van der Waals surface area contributed by atoms with Crippen LogP contribution in [0, 0.1) is 0 Å². The van der Waals surface area contributed by atoms with Crippen LogP contribution in [-0.2, 0) is 0 Å². The van der Waals surface area contributed by atoms with Gasteiger partial charge in [0.15, 0.2) is 5.78 Å². The topological polar surface area (TPSA) is 93.8 Å². The molecule has 0 saturated heterocycles. The number of nitrogens with two attached hydrogens (primary N) is 2. The van der Waals surface area contributed by atoms with Gasteiger partial charge in [-0.3, -0.25) is 4.79 Å². The molecule has 0 saturated carbocycles. The number of guanidine groups is 1. The Labute approximate surface area is 99.6 Å². The summed E-state index contributed by atoms with van der Waals surface area (Å²) in [7, 11) is 0. The first-order valence-electron chi connectivity index (χ1n) is 4.39. The lowest BCUT2D eigenvalue weighted by molar-refractivity contribution is 0.100. The molecule has 16 heavy (non-hydrogen) atoms. The molecule has 4 N–H and O–H groups in total. The molecule has 1 aromatic rings. The largest absolute Gasteiger partial charge is 0.369 e. The van der Waals surface area contributed by atoms with Gasteiger partial charge in [-0.05, 0) is 0 Å². The molecule has 0 aliphatic rings. The van der Waals surface area contributed by atoms with Crippen LogP contribution in [0.5, 0.6) is 0 Å². The minimum atomic E-state index is -0.126. The average molecular weight is 241 g/mol. The molecule has 0 amide bonds. The monoisotopic (exact) mass is 240 g/mol. The van der Waals surface area contributed by atoms with Gasteiger partial charge in [-0.2, -0.15) is 5.10 Å². The zero-order valence-electron chi connectivity index (χ0n) is 8.54. The number of carbonyl (C=O) groups is 1. The van der Waals surface area contributed by atoms with Gasteiger partial charge < -0.3 is 11.5 Å². The molecule has 86 valence electrons. The highest BCUT2D eigenvalue weighted by atomic mass is 35.5. The summed E-state index contributed by atoms with van der Waals surface area (Å²) >= 11 is 0. The number of Topliss-reactive ketones (excluding diaryl/α,β-unsaturated/α-hetero) is 1. The predicted octanol–water partition coefficient (Wildman–Crippen LogP) is 0.940. The second kappa shape index (κ2) is 7.42. The average Bonchev–Trinajstić information content (AvgIpc) is 2.25. The molecular weight excluding hydrogens is 228 g/mol. The number of nitrogens with zero attached hydrogens (tertiary/aromatic N) is 2. The van der Waals surface area contributed by atoms with Gasteiger partial charge in [0.1, 0.15) is 0 Å². The highest BCUT2D eigenvalue weighted by molar-refractivity contribution is 6.03. The number of halogens is 1. The second-order valence-corrected chi connectivity index (χ2v) is 2.82. The van der Waals surface area contributed by atoms with Gasteiger partial charge in [-0.1, -0.05) is 30.3 Å². The molecule has 0 aliphatic carbocycles. The zero-order valence-corrected chi connectivity index (χ0v) is 9.35. The van der Waals surface area contributed by atoms with E-state index in [2.05, 4.69) is 10.2 Å². The maximum atomic E-state index is 11.5. The van der Waals surface area contributed by atoms with E-state index in [0.717, 1.165) is 0 Å². The summed E-state index contributed by atoms with van der Waals surface area (Å²) in [5.74, 6) is -0.149.